The molecule has 9 heavy (non-hydrogen) atoms. The van der Waals surface area contributed by atoms with Gasteiger partial charge in [-0.15, -0.1) is 0 Å². The number of hydrogen-bond donors (Lipinski definition) is 0. The normalized spacial score (nSPS) is 9.00. The largest absolute Gasteiger partial charge is 0.594 e. The van der Waals surface area contributed by atoms with E-state index in [9.17, 15) is 5.21 Å². The molecule has 0 bridgehead atoms. The molecule has 0 radical (unpaired) electrons. The first-order valence-corrected chi connectivity index (χ1v) is 2.29. The van der Waals surface area contributed by atoms with Crippen molar-refractivity contribution >= 4 is 0 Å². The van der Waals surface area contributed by atoms with Crippen molar-refractivity contribution in [2.24, 2.45) is 0 Å². The number of rotatable bonds is 1. The highest BCUT2D eigenvalue weighted by atomic mass is 16.5. The van der Waals surface area contributed by atoms with E-state index in [0.29, 0.717) is 4.85 Å². The molecule has 0 saturated carbocycles. The Morgan fingerprint density at radius 1 is 1.78 bits per heavy atom. The van der Waals surface area contributed by atoms with Crippen LogP contribution in [-0.2, 0) is 0 Å². The molecular weight excluding hydrogens is 122 g/mol. The van der Waals surface area contributed by atoms with Crippen molar-refractivity contribution in [1.82, 2.24) is 10.1 Å². The van der Waals surface area contributed by atoms with Gasteiger partial charge < -0.3 is 9.94 Å². The molecule has 5 heteroatoms. The van der Waals surface area contributed by atoms with E-state index in [0.717, 1.165) is 0 Å². The fraction of sp³-hybridized carbons (Fsp3) is 0.250. The Labute approximate surface area is 51.5 Å². The first-order chi connectivity index (χ1) is 4.33. The van der Waals surface area contributed by atoms with Crippen molar-refractivity contribution < 1.29 is 9.58 Å². The van der Waals surface area contributed by atoms with Gasteiger partial charge in [-0.05, 0) is 0 Å². The summed E-state index contributed by atoms with van der Waals surface area (Å²) in [5.74, 6) is 0. The summed E-state index contributed by atoms with van der Waals surface area (Å²) in [4.78, 5) is 3.98. The van der Waals surface area contributed by atoms with Gasteiger partial charge in [0.2, 0.25) is 6.20 Å². The zero-order valence-corrected chi connectivity index (χ0v) is 4.81. The minimum absolute atomic E-state index is 0.0764. The molecule has 0 aliphatic rings. The van der Waals surface area contributed by atoms with Crippen LogP contribution in [0.2, 0.25) is 0 Å². The average molecular weight is 127 g/mol. The number of ether oxygens (including phenoxy) is 1. The molecule has 0 amide bonds. The smallest absolute Gasteiger partial charge is 0.380 e. The lowest BCUT2D eigenvalue weighted by Gasteiger charge is -1.92. The minimum atomic E-state index is 0.0764. The third-order valence-corrected chi connectivity index (χ3v) is 0.746. The van der Waals surface area contributed by atoms with Gasteiger partial charge in [0.1, 0.15) is 6.20 Å². The first-order valence-electron chi connectivity index (χ1n) is 2.29. The molecule has 0 N–H and O–H groups in total. The summed E-state index contributed by atoms with van der Waals surface area (Å²) in [5, 5.41) is 13.7. The van der Waals surface area contributed by atoms with E-state index in [-0.39, 0.29) is 6.01 Å². The van der Waals surface area contributed by atoms with E-state index >= 15 is 0 Å². The van der Waals surface area contributed by atoms with Crippen LogP contribution in [0, 0.1) is 5.21 Å². The lowest BCUT2D eigenvalue weighted by atomic mass is 10.9. The number of aromatic nitrogens is 3. The molecular formula is C4H5N3O2. The van der Waals surface area contributed by atoms with E-state index in [2.05, 4.69) is 14.8 Å². The Hall–Kier alpha value is -1.39. The molecule has 5 nitrogen and oxygen atoms in total. The van der Waals surface area contributed by atoms with Crippen LogP contribution in [0.5, 0.6) is 6.01 Å². The lowest BCUT2D eigenvalue weighted by molar-refractivity contribution is -0.670. The molecule has 0 saturated heterocycles. The van der Waals surface area contributed by atoms with Crippen LogP contribution in [0.15, 0.2) is 12.4 Å². The number of nitrogens with zero attached hydrogens (tertiary/aromatic N) is 3. The van der Waals surface area contributed by atoms with Gasteiger partial charge in [0.05, 0.1) is 12.2 Å². The van der Waals surface area contributed by atoms with E-state index < -0.39 is 0 Å². The fourth-order valence-electron chi connectivity index (χ4n) is 0.391. The highest BCUT2D eigenvalue weighted by Gasteiger charge is 1.95. The second-order valence-electron chi connectivity index (χ2n) is 1.32. The SMILES string of the molecule is COc1ncc[n+]([O-])n1. The summed E-state index contributed by atoms with van der Waals surface area (Å²) in [6, 6.07) is 0.0764. The summed E-state index contributed by atoms with van der Waals surface area (Å²) in [6.45, 7) is 0. The van der Waals surface area contributed by atoms with Crippen molar-refractivity contribution in [3.63, 3.8) is 0 Å². The molecule has 0 fully saturated rings. The quantitative estimate of drug-likeness (QED) is 0.363. The van der Waals surface area contributed by atoms with Crippen molar-refractivity contribution in [1.29, 1.82) is 0 Å². The summed E-state index contributed by atoms with van der Waals surface area (Å²) in [6.07, 6.45) is 2.50. The van der Waals surface area contributed by atoms with E-state index in [1.54, 1.807) is 0 Å². The molecule has 0 unspecified atom stereocenters. The molecule has 0 atom stereocenters. The van der Waals surface area contributed by atoms with Crippen LogP contribution in [0.1, 0.15) is 0 Å². The summed E-state index contributed by atoms with van der Waals surface area (Å²) >= 11 is 0. The van der Waals surface area contributed by atoms with Crippen molar-refractivity contribution in [3.05, 3.63) is 17.6 Å². The molecule has 1 aromatic rings. The van der Waals surface area contributed by atoms with Gasteiger partial charge in [-0.25, -0.2) is 0 Å². The Morgan fingerprint density at radius 2 is 2.56 bits per heavy atom. The van der Waals surface area contributed by atoms with Gasteiger partial charge in [-0.1, -0.05) is 4.85 Å². The zero-order valence-electron chi connectivity index (χ0n) is 4.81. The monoisotopic (exact) mass is 127 g/mol. The van der Waals surface area contributed by atoms with Crippen molar-refractivity contribution in [3.8, 4) is 6.01 Å². The Morgan fingerprint density at radius 3 is 3.00 bits per heavy atom. The molecule has 1 heterocycles. The molecule has 1 rings (SSSR count). The summed E-state index contributed by atoms with van der Waals surface area (Å²) in [7, 11) is 1.40. The maximum Gasteiger partial charge on any atom is 0.380 e. The van der Waals surface area contributed by atoms with Crippen LogP contribution in [-0.4, -0.2) is 17.2 Å². The minimum Gasteiger partial charge on any atom is -0.594 e. The van der Waals surface area contributed by atoms with Crippen LogP contribution in [0.25, 0.3) is 0 Å². The average Bonchev–Trinajstić information content (AvgIpc) is 1.88. The van der Waals surface area contributed by atoms with Gasteiger partial charge in [0, 0.05) is 0 Å². The van der Waals surface area contributed by atoms with Gasteiger partial charge in [-0.2, -0.15) is 4.98 Å². The predicted molar refractivity (Wildman–Crippen MR) is 27.5 cm³/mol. The summed E-state index contributed by atoms with van der Waals surface area (Å²) in [5.41, 5.74) is 0. The predicted octanol–water partition coefficient (Wildman–Crippen LogP) is -0.881. The Kier molecular flexibility index (Phi) is 1.44. The van der Waals surface area contributed by atoms with Crippen LogP contribution < -0.4 is 9.58 Å². The second kappa shape index (κ2) is 2.25. The molecule has 0 aromatic carbocycles. The molecule has 0 spiro atoms. The van der Waals surface area contributed by atoms with E-state index in [4.69, 9.17) is 0 Å². The standard InChI is InChI=1S/C4H5N3O2/c1-9-4-5-2-3-7(8)6-4/h2-3H,1H3. The third kappa shape index (κ3) is 1.25. The Bertz CT molecular complexity index is 203. The Balaban J connectivity index is 2.94. The second-order valence-corrected chi connectivity index (χ2v) is 1.32. The molecule has 48 valence electrons. The first kappa shape index (κ1) is 5.74. The lowest BCUT2D eigenvalue weighted by Crippen LogP contribution is -2.30. The van der Waals surface area contributed by atoms with E-state index in [1.807, 2.05) is 0 Å². The van der Waals surface area contributed by atoms with Gasteiger partial charge in [0.25, 0.3) is 0 Å². The zero-order chi connectivity index (χ0) is 6.69. The maximum absolute atomic E-state index is 10.3. The van der Waals surface area contributed by atoms with Gasteiger partial charge >= 0.3 is 6.01 Å². The maximum atomic E-state index is 10.3. The topological polar surface area (TPSA) is 62.0 Å². The van der Waals surface area contributed by atoms with Gasteiger partial charge in [-0.3, -0.25) is 0 Å². The summed E-state index contributed by atoms with van der Waals surface area (Å²) < 4.78 is 4.55. The fourth-order valence-corrected chi connectivity index (χ4v) is 0.391. The highest BCUT2D eigenvalue weighted by molar-refractivity contribution is 4.82. The van der Waals surface area contributed by atoms with Crippen molar-refractivity contribution in [2.75, 3.05) is 7.11 Å². The number of hydrogen-bond acceptors (Lipinski definition) is 4. The van der Waals surface area contributed by atoms with Crippen LogP contribution in [0.4, 0.5) is 0 Å². The van der Waals surface area contributed by atoms with Crippen molar-refractivity contribution in [2.45, 2.75) is 0 Å². The number of methoxy groups -OCH3 is 1. The molecule has 0 aliphatic heterocycles. The molecule has 0 aliphatic carbocycles. The highest BCUT2D eigenvalue weighted by Crippen LogP contribution is 1.89. The van der Waals surface area contributed by atoms with Gasteiger partial charge in [0.15, 0.2) is 0 Å². The third-order valence-electron chi connectivity index (χ3n) is 0.746. The van der Waals surface area contributed by atoms with Crippen LogP contribution in [0.3, 0.4) is 0 Å². The molecule has 1 aromatic heterocycles. The van der Waals surface area contributed by atoms with E-state index in [1.165, 1.54) is 19.5 Å². The van der Waals surface area contributed by atoms with Crippen LogP contribution >= 0.6 is 0 Å².